The number of amidine groups is 1. The van der Waals surface area contributed by atoms with E-state index in [-0.39, 0.29) is 18.3 Å². The topological polar surface area (TPSA) is 82.0 Å². The minimum atomic E-state index is -0.955. The Morgan fingerprint density at radius 1 is 1.33 bits per heavy atom. The quantitative estimate of drug-likeness (QED) is 0.693. The number of rotatable bonds is 3. The maximum atomic E-state index is 15.3. The molecule has 2 aliphatic heterocycles. The monoisotopic (exact) mass is 473 g/mol. The lowest BCUT2D eigenvalue weighted by molar-refractivity contribution is 0.00280. The van der Waals surface area contributed by atoms with Crippen molar-refractivity contribution in [1.82, 2.24) is 10.3 Å². The first-order valence-electron chi connectivity index (χ1n) is 10.8. The summed E-state index contributed by atoms with van der Waals surface area (Å²) in [5.74, 6) is 0.821. The molecule has 3 heterocycles. The average molecular weight is 474 g/mol. The number of alkyl carbamates (subject to hydrolysis) is 1. The molecule has 1 aromatic heterocycles. The number of aromatic nitrogens is 1. The molecule has 1 fully saturated rings. The van der Waals surface area contributed by atoms with E-state index in [1.54, 1.807) is 46.2 Å². The standard InChI is InChI=1S/C24H28FN3O4S/c1-23(2,3)32-22(29)27-21-28-24(14-31-11-9-16(24)13-33-21)18-12-15(7-8-19(18)25)17-6-5-10-26-20(17)30-4/h5-8,10,12,16H,9,11,13-14H2,1-4H3,(H,27,28,29). The van der Waals surface area contributed by atoms with Gasteiger partial charge in [-0.15, -0.1) is 0 Å². The number of benzene rings is 1. The van der Waals surface area contributed by atoms with Crippen molar-refractivity contribution >= 4 is 23.0 Å². The third-order valence-electron chi connectivity index (χ3n) is 5.65. The predicted octanol–water partition coefficient (Wildman–Crippen LogP) is 4.76. The van der Waals surface area contributed by atoms with E-state index >= 15 is 4.39 Å². The Kier molecular flexibility index (Phi) is 6.63. The van der Waals surface area contributed by atoms with Crippen LogP contribution in [0.1, 0.15) is 32.8 Å². The molecule has 176 valence electrons. The fraction of sp³-hybridized carbons (Fsp3) is 0.458. The second-order valence-corrected chi connectivity index (χ2v) is 10.1. The van der Waals surface area contributed by atoms with E-state index < -0.39 is 17.2 Å². The van der Waals surface area contributed by atoms with Crippen LogP contribution in [0.2, 0.25) is 0 Å². The normalized spacial score (nSPS) is 22.7. The molecule has 0 spiro atoms. The molecule has 2 atom stereocenters. The van der Waals surface area contributed by atoms with Gasteiger partial charge in [-0.25, -0.2) is 19.2 Å². The molecular weight excluding hydrogens is 445 g/mol. The summed E-state index contributed by atoms with van der Waals surface area (Å²) in [5, 5.41) is 3.13. The van der Waals surface area contributed by atoms with Gasteiger partial charge < -0.3 is 14.2 Å². The molecule has 1 saturated heterocycles. The first kappa shape index (κ1) is 23.5. The number of nitrogens with zero attached hydrogens (tertiary/aromatic N) is 2. The van der Waals surface area contributed by atoms with Gasteiger partial charge in [0.15, 0.2) is 5.17 Å². The predicted molar refractivity (Wildman–Crippen MR) is 126 cm³/mol. The molecular formula is C24H28FN3O4S. The highest BCUT2D eigenvalue weighted by molar-refractivity contribution is 8.13. The van der Waals surface area contributed by atoms with E-state index in [1.807, 2.05) is 12.1 Å². The van der Waals surface area contributed by atoms with Crippen molar-refractivity contribution in [3.05, 3.63) is 47.9 Å². The Labute approximate surface area is 197 Å². The fourth-order valence-corrected chi connectivity index (χ4v) is 5.34. The number of thioether (sulfide) groups is 1. The zero-order valence-corrected chi connectivity index (χ0v) is 20.0. The highest BCUT2D eigenvalue weighted by Crippen LogP contribution is 2.46. The SMILES string of the molecule is COc1ncccc1-c1ccc(F)c(C23COCCC2CSC(NC(=O)OC(C)(C)C)=N3)c1. The summed E-state index contributed by atoms with van der Waals surface area (Å²) in [7, 11) is 1.55. The first-order valence-corrected chi connectivity index (χ1v) is 11.8. The number of nitrogens with one attached hydrogen (secondary N) is 1. The van der Waals surface area contributed by atoms with E-state index in [9.17, 15) is 4.79 Å². The third-order valence-corrected chi connectivity index (χ3v) is 6.68. The Bertz CT molecular complexity index is 1070. The fourth-order valence-electron chi connectivity index (χ4n) is 4.16. The van der Waals surface area contributed by atoms with Crippen molar-refractivity contribution in [3.63, 3.8) is 0 Å². The van der Waals surface area contributed by atoms with Crippen molar-refractivity contribution in [1.29, 1.82) is 0 Å². The van der Waals surface area contributed by atoms with E-state index in [4.69, 9.17) is 19.2 Å². The summed E-state index contributed by atoms with van der Waals surface area (Å²) in [6.07, 6.45) is 1.80. The molecule has 0 bridgehead atoms. The molecule has 4 rings (SSSR count). The van der Waals surface area contributed by atoms with Crippen molar-refractivity contribution in [2.24, 2.45) is 10.9 Å². The zero-order valence-electron chi connectivity index (χ0n) is 19.2. The number of carbonyl (C=O) groups excluding carboxylic acids is 1. The van der Waals surface area contributed by atoms with Crippen LogP contribution in [-0.2, 0) is 15.0 Å². The average Bonchev–Trinajstić information content (AvgIpc) is 2.78. The Balaban J connectivity index is 1.76. The number of pyridine rings is 1. The van der Waals surface area contributed by atoms with Gasteiger partial charge in [0.1, 0.15) is 17.0 Å². The lowest BCUT2D eigenvalue weighted by Crippen LogP contribution is -2.49. The number of hydrogen-bond donors (Lipinski definition) is 1. The lowest BCUT2D eigenvalue weighted by Gasteiger charge is -2.44. The van der Waals surface area contributed by atoms with Crippen LogP contribution in [0.5, 0.6) is 5.88 Å². The van der Waals surface area contributed by atoms with Crippen LogP contribution in [-0.4, -0.2) is 47.9 Å². The van der Waals surface area contributed by atoms with Crippen LogP contribution in [0.3, 0.4) is 0 Å². The first-order chi connectivity index (χ1) is 15.7. The Morgan fingerprint density at radius 2 is 2.15 bits per heavy atom. The molecule has 2 unspecified atom stereocenters. The van der Waals surface area contributed by atoms with Crippen LogP contribution in [0.4, 0.5) is 9.18 Å². The summed E-state index contributed by atoms with van der Waals surface area (Å²) in [5.41, 5.74) is 0.363. The van der Waals surface area contributed by atoms with Gasteiger partial charge in [-0.1, -0.05) is 17.8 Å². The molecule has 1 N–H and O–H groups in total. The number of hydrogen-bond acceptors (Lipinski definition) is 7. The lowest BCUT2D eigenvalue weighted by atomic mass is 9.76. The molecule has 9 heteroatoms. The van der Waals surface area contributed by atoms with E-state index in [2.05, 4.69) is 10.3 Å². The molecule has 0 saturated carbocycles. The van der Waals surface area contributed by atoms with E-state index in [0.29, 0.717) is 29.0 Å². The molecule has 1 aromatic carbocycles. The number of ether oxygens (including phenoxy) is 3. The van der Waals surface area contributed by atoms with Gasteiger partial charge in [-0.2, -0.15) is 0 Å². The van der Waals surface area contributed by atoms with Crippen LogP contribution >= 0.6 is 11.8 Å². The highest BCUT2D eigenvalue weighted by Gasteiger charge is 2.48. The van der Waals surface area contributed by atoms with Gasteiger partial charge in [0.05, 0.1) is 13.7 Å². The van der Waals surface area contributed by atoms with Gasteiger partial charge in [0, 0.05) is 35.6 Å². The van der Waals surface area contributed by atoms with Crippen molar-refractivity contribution in [2.75, 3.05) is 26.1 Å². The minimum Gasteiger partial charge on any atom is -0.481 e. The van der Waals surface area contributed by atoms with Gasteiger partial charge in [-0.05, 0) is 57.0 Å². The van der Waals surface area contributed by atoms with Crippen molar-refractivity contribution in [3.8, 4) is 17.0 Å². The van der Waals surface area contributed by atoms with Gasteiger partial charge in [0.2, 0.25) is 5.88 Å². The molecule has 2 aliphatic rings. The Morgan fingerprint density at radius 3 is 2.91 bits per heavy atom. The summed E-state index contributed by atoms with van der Waals surface area (Å²) < 4.78 is 31.9. The van der Waals surface area contributed by atoms with Crippen LogP contribution in [0, 0.1) is 11.7 Å². The van der Waals surface area contributed by atoms with Crippen molar-refractivity contribution < 1.29 is 23.4 Å². The molecule has 2 aromatic rings. The number of methoxy groups -OCH3 is 1. The largest absolute Gasteiger partial charge is 0.481 e. The number of carbonyl (C=O) groups is 1. The molecule has 33 heavy (non-hydrogen) atoms. The summed E-state index contributed by atoms with van der Waals surface area (Å²) in [6.45, 7) is 6.20. The maximum Gasteiger partial charge on any atom is 0.413 e. The Hall–Kier alpha value is -2.65. The summed E-state index contributed by atoms with van der Waals surface area (Å²) in [4.78, 5) is 21.5. The highest BCUT2D eigenvalue weighted by atomic mass is 32.2. The minimum absolute atomic E-state index is 0.0565. The second kappa shape index (κ2) is 9.30. The van der Waals surface area contributed by atoms with E-state index in [0.717, 1.165) is 17.5 Å². The molecule has 7 nitrogen and oxygen atoms in total. The molecule has 0 radical (unpaired) electrons. The van der Waals surface area contributed by atoms with Gasteiger partial charge >= 0.3 is 6.09 Å². The number of aliphatic imine (C=N–C) groups is 1. The number of fused-ring (bicyclic) bond motifs is 1. The van der Waals surface area contributed by atoms with E-state index in [1.165, 1.54) is 17.8 Å². The van der Waals surface area contributed by atoms with Gasteiger partial charge in [0.25, 0.3) is 0 Å². The van der Waals surface area contributed by atoms with Gasteiger partial charge in [-0.3, -0.25) is 5.32 Å². The molecule has 1 amide bonds. The number of halogens is 1. The van der Waals surface area contributed by atoms with Crippen molar-refractivity contribution in [2.45, 2.75) is 38.3 Å². The number of amides is 1. The smallest absolute Gasteiger partial charge is 0.413 e. The van der Waals surface area contributed by atoms with Crippen LogP contribution < -0.4 is 10.1 Å². The summed E-state index contributed by atoms with van der Waals surface area (Å²) in [6, 6.07) is 8.63. The summed E-state index contributed by atoms with van der Waals surface area (Å²) >= 11 is 1.44. The van der Waals surface area contributed by atoms with Crippen LogP contribution in [0.15, 0.2) is 41.5 Å². The zero-order chi connectivity index (χ0) is 23.6. The maximum absolute atomic E-state index is 15.3. The third kappa shape index (κ3) is 4.99. The molecule has 0 aliphatic carbocycles. The van der Waals surface area contributed by atoms with Crippen LogP contribution in [0.25, 0.3) is 11.1 Å². The second-order valence-electron chi connectivity index (χ2n) is 9.07.